The van der Waals surface area contributed by atoms with Crippen LogP contribution in [0.15, 0.2) is 71.9 Å². The molecule has 1 aliphatic heterocycles. The van der Waals surface area contributed by atoms with Crippen molar-refractivity contribution in [2.24, 2.45) is 4.99 Å². The summed E-state index contributed by atoms with van der Waals surface area (Å²) in [4.78, 5) is 7.02. The van der Waals surface area contributed by atoms with Crippen molar-refractivity contribution in [2.75, 3.05) is 14.1 Å². The molecule has 0 atom stereocenters. The fourth-order valence-electron chi connectivity index (χ4n) is 6.90. The first-order valence-corrected chi connectivity index (χ1v) is 16.7. The van der Waals surface area contributed by atoms with Crippen molar-refractivity contribution >= 4 is 48.7 Å². The van der Waals surface area contributed by atoms with Crippen LogP contribution in [0.25, 0.3) is 27.5 Å². The van der Waals surface area contributed by atoms with E-state index in [2.05, 4.69) is 53.0 Å². The molecule has 0 spiro atoms. The van der Waals surface area contributed by atoms with Gasteiger partial charge in [-0.15, -0.1) is 5.54 Å². The summed E-state index contributed by atoms with van der Waals surface area (Å²) < 4.78 is 30.8. The van der Waals surface area contributed by atoms with E-state index in [4.69, 9.17) is 4.99 Å². The summed E-state index contributed by atoms with van der Waals surface area (Å²) in [6.07, 6.45) is 1.98. The highest BCUT2D eigenvalue weighted by molar-refractivity contribution is 6.90. The smallest absolute Gasteiger partial charge is 0.382 e. The lowest BCUT2D eigenvalue weighted by molar-refractivity contribution is 0.565. The Bertz CT molecular complexity index is 1730. The molecule has 0 N–H and O–H groups in total. The lowest BCUT2D eigenvalue weighted by Gasteiger charge is -2.38. The fourth-order valence-corrected chi connectivity index (χ4v) is 12.1. The number of rotatable bonds is 6. The molecule has 7 heteroatoms. The zero-order valence-electron chi connectivity index (χ0n) is 25.3. The SMILES string of the molecule is CC(C)[Si](C#Cc1cc(C2=N/C(=C/N(C)C)c3ccccc32)c2c(c1)c1ccccc1n2B(F)F)(C(C)C)C(C)C. The monoisotopic (exact) mass is 565 g/mol. The largest absolute Gasteiger partial charge is 0.678 e. The molecule has 41 heavy (non-hydrogen) atoms. The number of halogens is 2. The van der Waals surface area contributed by atoms with E-state index in [1.54, 1.807) is 6.07 Å². The molecule has 0 saturated carbocycles. The highest BCUT2D eigenvalue weighted by Gasteiger charge is 2.41. The predicted octanol–water partition coefficient (Wildman–Crippen LogP) is 8.85. The van der Waals surface area contributed by atoms with Crippen molar-refractivity contribution in [3.05, 3.63) is 89.1 Å². The molecule has 1 aliphatic rings. The topological polar surface area (TPSA) is 20.5 Å². The average Bonchev–Trinajstić information content (AvgIpc) is 3.44. The zero-order valence-corrected chi connectivity index (χ0v) is 26.3. The molecule has 1 aromatic heterocycles. The second kappa shape index (κ2) is 11.0. The highest BCUT2D eigenvalue weighted by Crippen LogP contribution is 2.42. The molecule has 0 bridgehead atoms. The number of hydrogen-bond donors (Lipinski definition) is 0. The van der Waals surface area contributed by atoms with Gasteiger partial charge in [0.15, 0.2) is 0 Å². The maximum Gasteiger partial charge on any atom is 0.678 e. The molecule has 5 rings (SSSR count). The van der Waals surface area contributed by atoms with Crippen molar-refractivity contribution in [1.82, 2.24) is 9.38 Å². The van der Waals surface area contributed by atoms with Gasteiger partial charge in [0, 0.05) is 58.8 Å². The first kappa shape index (κ1) is 28.9. The van der Waals surface area contributed by atoms with Crippen LogP contribution in [-0.4, -0.2) is 44.7 Å². The van der Waals surface area contributed by atoms with Gasteiger partial charge in [0.1, 0.15) is 8.07 Å². The molecule has 0 radical (unpaired) electrons. The number of para-hydroxylation sites is 1. The maximum atomic E-state index is 14.8. The molecule has 0 amide bonds. The Hall–Kier alpha value is -3.63. The van der Waals surface area contributed by atoms with Gasteiger partial charge < -0.3 is 9.38 Å². The molecule has 0 aliphatic carbocycles. The van der Waals surface area contributed by atoms with E-state index < -0.39 is 15.5 Å². The van der Waals surface area contributed by atoms with E-state index in [-0.39, 0.29) is 0 Å². The van der Waals surface area contributed by atoms with Crippen LogP contribution in [0.3, 0.4) is 0 Å². The molecule has 0 unspecified atom stereocenters. The van der Waals surface area contributed by atoms with Crippen LogP contribution >= 0.6 is 0 Å². The second-order valence-corrected chi connectivity index (χ2v) is 17.8. The molecule has 210 valence electrons. The summed E-state index contributed by atoms with van der Waals surface area (Å²) in [7, 11) is -0.797. The van der Waals surface area contributed by atoms with Gasteiger partial charge in [0.2, 0.25) is 0 Å². The molecule has 0 saturated heterocycles. The van der Waals surface area contributed by atoms with Crippen molar-refractivity contribution in [3.63, 3.8) is 0 Å². The third-order valence-electron chi connectivity index (χ3n) is 8.62. The Morgan fingerprint density at radius 2 is 1.44 bits per heavy atom. The van der Waals surface area contributed by atoms with Crippen molar-refractivity contribution in [2.45, 2.75) is 58.2 Å². The van der Waals surface area contributed by atoms with Crippen molar-refractivity contribution < 1.29 is 8.63 Å². The fraction of sp³-hybridized carbons (Fsp3) is 0.324. The molecule has 2 heterocycles. The van der Waals surface area contributed by atoms with E-state index in [1.165, 1.54) is 0 Å². The Morgan fingerprint density at radius 3 is 2.05 bits per heavy atom. The Morgan fingerprint density at radius 1 is 0.829 bits per heavy atom. The Kier molecular flexibility index (Phi) is 7.74. The van der Waals surface area contributed by atoms with E-state index in [1.807, 2.05) is 79.8 Å². The van der Waals surface area contributed by atoms with Crippen LogP contribution in [0.5, 0.6) is 0 Å². The molecule has 4 aromatic rings. The number of fused-ring (bicyclic) bond motifs is 4. The van der Waals surface area contributed by atoms with E-state index in [0.717, 1.165) is 37.6 Å². The third-order valence-corrected chi connectivity index (χ3v) is 14.9. The Balaban J connectivity index is 1.88. The Labute approximate surface area is 244 Å². The van der Waals surface area contributed by atoms with Gasteiger partial charge in [-0.1, -0.05) is 89.9 Å². The minimum atomic E-state index is -2.70. The van der Waals surface area contributed by atoms with Gasteiger partial charge >= 0.3 is 7.40 Å². The van der Waals surface area contributed by atoms with Gasteiger partial charge in [0.05, 0.1) is 16.9 Å². The molecular formula is C34H38BF2N3Si. The molecular weight excluding hydrogens is 527 g/mol. The lowest BCUT2D eigenvalue weighted by Crippen LogP contribution is -2.43. The average molecular weight is 566 g/mol. The third kappa shape index (κ3) is 4.82. The molecule has 3 nitrogen and oxygen atoms in total. The van der Waals surface area contributed by atoms with Crippen LogP contribution in [-0.2, 0) is 0 Å². The summed E-state index contributed by atoms with van der Waals surface area (Å²) in [6.45, 7) is 13.8. The van der Waals surface area contributed by atoms with Crippen LogP contribution in [0.4, 0.5) is 8.63 Å². The van der Waals surface area contributed by atoms with Gasteiger partial charge in [0.25, 0.3) is 0 Å². The second-order valence-electron chi connectivity index (χ2n) is 12.2. The lowest BCUT2D eigenvalue weighted by atomic mass is 9.95. The number of benzene rings is 3. The number of hydrogen-bond acceptors (Lipinski definition) is 2. The number of nitrogens with zero attached hydrogens (tertiary/aromatic N) is 3. The zero-order chi connectivity index (χ0) is 29.6. The van der Waals surface area contributed by atoms with Crippen LogP contribution in [0, 0.1) is 11.5 Å². The van der Waals surface area contributed by atoms with Gasteiger partial charge in [-0.25, -0.2) is 4.99 Å². The van der Waals surface area contributed by atoms with Gasteiger partial charge in [-0.2, -0.15) is 0 Å². The van der Waals surface area contributed by atoms with Crippen LogP contribution in [0.1, 0.15) is 63.8 Å². The quantitative estimate of drug-likeness (QED) is 0.169. The van der Waals surface area contributed by atoms with E-state index in [0.29, 0.717) is 38.9 Å². The highest BCUT2D eigenvalue weighted by atomic mass is 28.3. The van der Waals surface area contributed by atoms with E-state index in [9.17, 15) is 8.63 Å². The van der Waals surface area contributed by atoms with Gasteiger partial charge in [-0.3, -0.25) is 8.63 Å². The van der Waals surface area contributed by atoms with Crippen molar-refractivity contribution in [3.8, 4) is 11.5 Å². The predicted molar refractivity (Wildman–Crippen MR) is 174 cm³/mol. The first-order valence-electron chi connectivity index (χ1n) is 14.4. The summed E-state index contributed by atoms with van der Waals surface area (Å²) >= 11 is 0. The first-order chi connectivity index (χ1) is 19.5. The van der Waals surface area contributed by atoms with E-state index >= 15 is 0 Å². The standard InChI is InChI=1S/C34H38BF2N3Si/c1-22(2)41(23(3)4,24(5)6)18-17-25-19-29-27-14-11-12-16-32(27)40(35(36)37)34(29)30(20-25)33-28-15-10-9-13-26(28)31(38-33)21-39(7)8/h9-16,19-24H,1-8H3/b31-21+. The maximum absolute atomic E-state index is 14.8. The van der Waals surface area contributed by atoms with Crippen LogP contribution < -0.4 is 0 Å². The molecule has 0 fully saturated rings. The van der Waals surface area contributed by atoms with Crippen LogP contribution in [0.2, 0.25) is 16.6 Å². The summed E-state index contributed by atoms with van der Waals surface area (Å²) in [5, 5.41) is 1.57. The summed E-state index contributed by atoms with van der Waals surface area (Å²) in [5.74, 6) is 3.59. The summed E-state index contributed by atoms with van der Waals surface area (Å²) in [6, 6.07) is 19.4. The van der Waals surface area contributed by atoms with Crippen molar-refractivity contribution in [1.29, 1.82) is 0 Å². The summed E-state index contributed by atoms with van der Waals surface area (Å²) in [5.41, 5.74) is 11.3. The minimum absolute atomic E-state index is 0.490. The molecule has 3 aromatic carbocycles. The number of aliphatic imine (C=N–C) groups is 1. The van der Waals surface area contributed by atoms with Gasteiger partial charge in [-0.05, 0) is 34.8 Å². The minimum Gasteiger partial charge on any atom is -0.382 e. The number of aromatic nitrogens is 1. The normalized spacial score (nSPS) is 14.3.